The van der Waals surface area contributed by atoms with Crippen molar-refractivity contribution in [3.8, 4) is 0 Å². The van der Waals surface area contributed by atoms with Crippen molar-refractivity contribution in [3.05, 3.63) is 0 Å². The molecule has 10 atom stereocenters. The molecule has 36 heavy (non-hydrogen) atoms. The van der Waals surface area contributed by atoms with Gasteiger partial charge in [-0.25, -0.2) is 0 Å². The molecular formula is C25H46O11. The van der Waals surface area contributed by atoms with E-state index >= 15 is 0 Å². The number of ether oxygens (including phenoxy) is 4. The van der Waals surface area contributed by atoms with Gasteiger partial charge in [0.1, 0.15) is 23.9 Å². The molecule has 0 spiro atoms. The molecule has 11 heteroatoms. The van der Waals surface area contributed by atoms with Crippen LogP contribution in [0.5, 0.6) is 0 Å². The molecule has 1 fully saturated rings. The van der Waals surface area contributed by atoms with Gasteiger partial charge < -0.3 is 44.5 Å². The lowest BCUT2D eigenvalue weighted by Gasteiger charge is -2.30. The molecule has 0 aromatic heterocycles. The Labute approximate surface area is 213 Å². The van der Waals surface area contributed by atoms with Crippen LogP contribution in [-0.4, -0.2) is 99.7 Å². The third-order valence-electron chi connectivity index (χ3n) is 7.12. The molecule has 1 saturated heterocycles. The van der Waals surface area contributed by atoms with Crippen molar-refractivity contribution in [3.63, 3.8) is 0 Å². The van der Waals surface area contributed by atoms with Crippen LogP contribution >= 0.6 is 0 Å². The fraction of sp³-hybridized carbons (Fsp3) is 0.920. The minimum Gasteiger partial charge on any atom is -0.469 e. The molecule has 0 amide bonds. The number of methoxy groups -OCH3 is 1. The van der Waals surface area contributed by atoms with Gasteiger partial charge in [-0.05, 0) is 18.8 Å². The van der Waals surface area contributed by atoms with Crippen molar-refractivity contribution in [2.45, 2.75) is 122 Å². The van der Waals surface area contributed by atoms with E-state index in [1.165, 1.54) is 14.0 Å². The summed E-state index contributed by atoms with van der Waals surface area (Å²) in [6, 6.07) is 0. The van der Waals surface area contributed by atoms with Gasteiger partial charge >= 0.3 is 11.9 Å². The second kappa shape index (κ2) is 15.2. The third kappa shape index (κ3) is 9.51. The summed E-state index contributed by atoms with van der Waals surface area (Å²) in [7, 11) is 1.23. The summed E-state index contributed by atoms with van der Waals surface area (Å²) >= 11 is 0. The average molecular weight is 523 g/mol. The van der Waals surface area contributed by atoms with Gasteiger partial charge in [-0.15, -0.1) is 0 Å². The molecule has 0 aromatic rings. The fourth-order valence-electron chi connectivity index (χ4n) is 4.06. The molecule has 1 aliphatic heterocycles. The van der Waals surface area contributed by atoms with Gasteiger partial charge in [0.05, 0.1) is 44.9 Å². The first-order valence-corrected chi connectivity index (χ1v) is 12.7. The minimum absolute atomic E-state index is 0.0432. The van der Waals surface area contributed by atoms with E-state index in [2.05, 4.69) is 4.74 Å². The van der Waals surface area contributed by atoms with E-state index < -0.39 is 67.1 Å². The Kier molecular flexibility index (Phi) is 13.8. The van der Waals surface area contributed by atoms with Crippen molar-refractivity contribution in [2.75, 3.05) is 13.7 Å². The molecule has 0 bridgehead atoms. The number of aliphatic hydroxyl groups excluding tert-OH is 5. The van der Waals surface area contributed by atoms with Crippen molar-refractivity contribution >= 4 is 11.9 Å². The predicted molar refractivity (Wildman–Crippen MR) is 129 cm³/mol. The van der Waals surface area contributed by atoms with Gasteiger partial charge in [0.2, 0.25) is 0 Å². The lowest BCUT2D eigenvalue weighted by Crippen LogP contribution is -2.43. The first kappa shape index (κ1) is 32.7. The Morgan fingerprint density at radius 2 is 1.44 bits per heavy atom. The van der Waals surface area contributed by atoms with Crippen LogP contribution in [0.2, 0.25) is 0 Å². The molecule has 0 aromatic carbocycles. The van der Waals surface area contributed by atoms with Crippen LogP contribution in [0.25, 0.3) is 0 Å². The van der Waals surface area contributed by atoms with Crippen molar-refractivity contribution in [2.24, 2.45) is 11.8 Å². The minimum atomic E-state index is -1.39. The number of rotatable bonds is 16. The number of carbonyl (C=O) groups excluding carboxylic acids is 2. The Balaban J connectivity index is 2.76. The molecular weight excluding hydrogens is 476 g/mol. The second-order valence-electron chi connectivity index (χ2n) is 10.1. The number of carbonyl (C=O) groups is 2. The summed E-state index contributed by atoms with van der Waals surface area (Å²) in [4.78, 5) is 24.0. The zero-order chi connectivity index (χ0) is 27.6. The van der Waals surface area contributed by atoms with Crippen LogP contribution in [0.15, 0.2) is 0 Å². The Morgan fingerprint density at radius 1 is 0.944 bits per heavy atom. The highest BCUT2D eigenvalue weighted by Crippen LogP contribution is 2.33. The lowest BCUT2D eigenvalue weighted by molar-refractivity contribution is -0.225. The number of hydrogen-bond acceptors (Lipinski definition) is 11. The topological polar surface area (TPSA) is 172 Å². The first-order chi connectivity index (χ1) is 16.8. The SMILES string of the molecule is CC[C@H](C)[C@H](C[C@H](O)CC(=O)OC)OC(=O)C[C@@H](O)C[C@H](O[C@@H]1OC(C)(CO)[C@H](O)[C@H]1O)[C@@H](C)CC. The Bertz CT molecular complexity index is 674. The maximum absolute atomic E-state index is 12.6. The number of hydrogen-bond donors (Lipinski definition) is 5. The molecule has 0 radical (unpaired) electrons. The maximum Gasteiger partial charge on any atom is 0.308 e. The van der Waals surface area contributed by atoms with Crippen LogP contribution in [-0.2, 0) is 28.5 Å². The summed E-state index contributed by atoms with van der Waals surface area (Å²) in [5.74, 6) is -1.37. The van der Waals surface area contributed by atoms with Crippen molar-refractivity contribution in [1.29, 1.82) is 0 Å². The van der Waals surface area contributed by atoms with Crippen LogP contribution in [0.1, 0.15) is 73.1 Å². The zero-order valence-electron chi connectivity index (χ0n) is 22.3. The molecule has 1 rings (SSSR count). The predicted octanol–water partition coefficient (Wildman–Crippen LogP) is 0.660. The molecule has 212 valence electrons. The summed E-state index contributed by atoms with van der Waals surface area (Å²) in [5.41, 5.74) is -1.38. The van der Waals surface area contributed by atoms with Gasteiger partial charge in [-0.2, -0.15) is 0 Å². The van der Waals surface area contributed by atoms with E-state index in [0.717, 1.165) is 0 Å². The van der Waals surface area contributed by atoms with E-state index in [1.807, 2.05) is 27.7 Å². The normalized spacial score (nSPS) is 29.1. The smallest absolute Gasteiger partial charge is 0.308 e. The van der Waals surface area contributed by atoms with Crippen LogP contribution in [0.4, 0.5) is 0 Å². The van der Waals surface area contributed by atoms with Gasteiger partial charge in [0, 0.05) is 12.8 Å². The molecule has 1 heterocycles. The lowest BCUT2D eigenvalue weighted by atomic mass is 9.94. The van der Waals surface area contributed by atoms with Crippen LogP contribution < -0.4 is 0 Å². The van der Waals surface area contributed by atoms with E-state index in [0.29, 0.717) is 12.8 Å². The third-order valence-corrected chi connectivity index (χ3v) is 7.12. The summed E-state index contributed by atoms with van der Waals surface area (Å²) < 4.78 is 21.6. The number of aliphatic hydroxyl groups is 5. The quantitative estimate of drug-likeness (QED) is 0.180. The second-order valence-corrected chi connectivity index (χ2v) is 10.1. The van der Waals surface area contributed by atoms with E-state index in [1.54, 1.807) is 0 Å². The van der Waals surface area contributed by atoms with E-state index in [9.17, 15) is 35.1 Å². The standard InChI is InChI=1S/C25H46O11/c1-7-14(3)18(9-16(27)11-20(29)33-6)34-21(30)12-17(28)10-19(15(4)8-2)35-24-22(31)23(32)25(5,13-26)36-24/h14-19,22-24,26-28,31-32H,7-13H2,1-6H3/t14-,15-,16-,17-,18-,19-,22+,23+,24+,25?/m0/s1. The highest BCUT2D eigenvalue weighted by Gasteiger charge is 2.52. The molecule has 1 aliphatic rings. The number of esters is 2. The summed E-state index contributed by atoms with van der Waals surface area (Å²) in [6.07, 6.45) is -6.42. The highest BCUT2D eigenvalue weighted by atomic mass is 16.7. The van der Waals surface area contributed by atoms with Gasteiger partial charge in [0.15, 0.2) is 6.29 Å². The first-order valence-electron chi connectivity index (χ1n) is 12.7. The fourth-order valence-corrected chi connectivity index (χ4v) is 4.06. The highest BCUT2D eigenvalue weighted by molar-refractivity contribution is 5.70. The van der Waals surface area contributed by atoms with Crippen LogP contribution in [0, 0.1) is 11.8 Å². The Morgan fingerprint density at radius 3 is 1.92 bits per heavy atom. The molecule has 1 unspecified atom stereocenters. The summed E-state index contributed by atoms with van der Waals surface area (Å²) in [6.45, 7) is 8.55. The van der Waals surface area contributed by atoms with Crippen LogP contribution in [0.3, 0.4) is 0 Å². The molecule has 5 N–H and O–H groups in total. The average Bonchev–Trinajstić information content (AvgIpc) is 3.05. The van der Waals surface area contributed by atoms with Gasteiger partial charge in [-0.1, -0.05) is 40.5 Å². The van der Waals surface area contributed by atoms with Crippen molar-refractivity contribution < 1.29 is 54.1 Å². The Hall–Kier alpha value is -1.34. The summed E-state index contributed by atoms with van der Waals surface area (Å²) in [5, 5.41) is 50.9. The molecule has 0 saturated carbocycles. The van der Waals surface area contributed by atoms with Gasteiger partial charge in [-0.3, -0.25) is 9.59 Å². The van der Waals surface area contributed by atoms with Gasteiger partial charge in [0.25, 0.3) is 0 Å². The van der Waals surface area contributed by atoms with Crippen molar-refractivity contribution in [1.82, 2.24) is 0 Å². The molecule has 11 nitrogen and oxygen atoms in total. The van der Waals surface area contributed by atoms with E-state index in [4.69, 9.17) is 14.2 Å². The molecule has 0 aliphatic carbocycles. The maximum atomic E-state index is 12.6. The monoisotopic (exact) mass is 522 g/mol. The van der Waals surface area contributed by atoms with E-state index in [-0.39, 0.29) is 37.5 Å². The largest absolute Gasteiger partial charge is 0.469 e. The zero-order valence-corrected chi connectivity index (χ0v) is 22.3.